The van der Waals surface area contributed by atoms with Crippen molar-refractivity contribution in [1.29, 1.82) is 0 Å². The van der Waals surface area contributed by atoms with Crippen LogP contribution in [0.25, 0.3) is 0 Å². The van der Waals surface area contributed by atoms with Gasteiger partial charge in [-0.2, -0.15) is 8.78 Å². The number of carboxylic acid groups (broad SMARTS) is 1. The molecule has 0 bridgehead atoms. The van der Waals surface area contributed by atoms with E-state index in [0.717, 1.165) is 6.07 Å². The number of nitrogens with zero attached hydrogens (tertiary/aromatic N) is 3. The zero-order chi connectivity index (χ0) is 20.9. The fourth-order valence-electron chi connectivity index (χ4n) is 2.29. The lowest BCUT2D eigenvalue weighted by Gasteiger charge is -2.29. The van der Waals surface area contributed by atoms with Crippen LogP contribution in [0.15, 0.2) is 42.6 Å². The van der Waals surface area contributed by atoms with Crippen molar-refractivity contribution in [1.82, 2.24) is 9.97 Å². The Morgan fingerprint density at radius 2 is 1.86 bits per heavy atom. The number of pyridine rings is 2. The maximum Gasteiger partial charge on any atom is 0.416 e. The third-order valence-corrected chi connectivity index (χ3v) is 3.41. The van der Waals surface area contributed by atoms with Gasteiger partial charge in [-0.25, -0.2) is 9.78 Å². The van der Waals surface area contributed by atoms with E-state index >= 15 is 0 Å². The van der Waals surface area contributed by atoms with E-state index in [4.69, 9.17) is 9.84 Å². The molecular weight excluding hydrogens is 372 g/mol. The molecule has 0 aliphatic heterocycles. The molecule has 0 aromatic carbocycles. The van der Waals surface area contributed by atoms with Crippen molar-refractivity contribution in [3.8, 4) is 0 Å². The fraction of sp³-hybridized carbons (Fsp3) is 0.368. The number of anilines is 1. The molecule has 28 heavy (non-hydrogen) atoms. The van der Waals surface area contributed by atoms with Crippen molar-refractivity contribution in [3.05, 3.63) is 54.0 Å². The van der Waals surface area contributed by atoms with Gasteiger partial charge in [0.15, 0.2) is 0 Å². The molecule has 2 aromatic heterocycles. The van der Waals surface area contributed by atoms with Crippen LogP contribution in [-0.2, 0) is 21.9 Å². The number of rotatable bonds is 6. The van der Waals surface area contributed by atoms with Gasteiger partial charge in [0.25, 0.3) is 0 Å². The van der Waals surface area contributed by atoms with E-state index in [-0.39, 0.29) is 11.5 Å². The van der Waals surface area contributed by atoms with Crippen LogP contribution in [0.4, 0.5) is 19.4 Å². The Bertz CT molecular complexity index is 839. The average molecular weight is 393 g/mol. The zero-order valence-electron chi connectivity index (χ0n) is 15.7. The number of ether oxygens (including phenoxy) is 1. The lowest BCUT2D eigenvalue weighted by molar-refractivity contribution is -0.136. The molecule has 0 saturated heterocycles. The van der Waals surface area contributed by atoms with Gasteiger partial charge in [-0.3, -0.25) is 14.7 Å². The second-order valence-corrected chi connectivity index (χ2v) is 7.04. The number of carboxylic acids is 1. The highest BCUT2D eigenvalue weighted by Crippen LogP contribution is 2.30. The molecule has 1 N–H and O–H groups in total. The SMILES string of the molecule is CC(C)(C)OC(=O)N(CC(F)(F)c1ccccn1)c1cccc(CC(=O)O)n1. The number of halogens is 2. The van der Waals surface area contributed by atoms with Gasteiger partial charge >= 0.3 is 18.0 Å². The van der Waals surface area contributed by atoms with E-state index in [1.165, 1.54) is 36.5 Å². The summed E-state index contributed by atoms with van der Waals surface area (Å²) in [7, 11) is 0. The normalized spacial score (nSPS) is 11.8. The molecule has 9 heteroatoms. The van der Waals surface area contributed by atoms with Gasteiger partial charge in [0.1, 0.15) is 23.7 Å². The Balaban J connectivity index is 2.40. The minimum Gasteiger partial charge on any atom is -0.481 e. The molecule has 0 atom stereocenters. The average Bonchev–Trinajstić information content (AvgIpc) is 2.58. The lowest BCUT2D eigenvalue weighted by Crippen LogP contribution is -2.43. The zero-order valence-corrected chi connectivity index (χ0v) is 15.7. The van der Waals surface area contributed by atoms with Crippen LogP contribution in [0.2, 0.25) is 0 Å². The first kappa shape index (κ1) is 21.2. The van der Waals surface area contributed by atoms with Crippen LogP contribution in [0, 0.1) is 0 Å². The second-order valence-electron chi connectivity index (χ2n) is 7.04. The van der Waals surface area contributed by atoms with E-state index in [2.05, 4.69) is 9.97 Å². The predicted molar refractivity (Wildman–Crippen MR) is 97.3 cm³/mol. The summed E-state index contributed by atoms with van der Waals surface area (Å²) >= 11 is 0. The molecule has 0 aliphatic rings. The summed E-state index contributed by atoms with van der Waals surface area (Å²) in [6.45, 7) is 3.75. The highest BCUT2D eigenvalue weighted by atomic mass is 19.3. The Kier molecular flexibility index (Phi) is 6.27. The summed E-state index contributed by atoms with van der Waals surface area (Å²) in [6, 6.07) is 8.28. The van der Waals surface area contributed by atoms with E-state index in [1.54, 1.807) is 20.8 Å². The first-order valence-corrected chi connectivity index (χ1v) is 8.45. The minimum absolute atomic E-state index is 0.125. The van der Waals surface area contributed by atoms with Gasteiger partial charge in [-0.15, -0.1) is 0 Å². The molecule has 0 unspecified atom stereocenters. The van der Waals surface area contributed by atoms with E-state index in [9.17, 15) is 18.4 Å². The van der Waals surface area contributed by atoms with Gasteiger partial charge in [0.2, 0.25) is 0 Å². The largest absolute Gasteiger partial charge is 0.481 e. The van der Waals surface area contributed by atoms with E-state index in [1.807, 2.05) is 0 Å². The first-order chi connectivity index (χ1) is 13.0. The summed E-state index contributed by atoms with van der Waals surface area (Å²) in [6.07, 6.45) is -0.206. The quantitative estimate of drug-likeness (QED) is 0.806. The third-order valence-electron chi connectivity index (χ3n) is 3.41. The molecule has 0 aliphatic carbocycles. The monoisotopic (exact) mass is 393 g/mol. The topological polar surface area (TPSA) is 92.6 Å². The Labute approximate surface area is 161 Å². The molecule has 1 amide bonds. The molecule has 150 valence electrons. The van der Waals surface area contributed by atoms with Crippen molar-refractivity contribution in [2.75, 3.05) is 11.4 Å². The van der Waals surface area contributed by atoms with Gasteiger partial charge < -0.3 is 9.84 Å². The number of alkyl halides is 2. The molecular formula is C19H21F2N3O4. The highest BCUT2D eigenvalue weighted by molar-refractivity contribution is 5.87. The second kappa shape index (κ2) is 8.28. The number of hydrogen-bond acceptors (Lipinski definition) is 5. The number of amides is 1. The summed E-state index contributed by atoms with van der Waals surface area (Å²) in [4.78, 5) is 31.9. The third kappa shape index (κ3) is 5.97. The minimum atomic E-state index is -3.48. The summed E-state index contributed by atoms with van der Waals surface area (Å²) < 4.78 is 34.8. The van der Waals surface area contributed by atoms with Crippen LogP contribution in [0.3, 0.4) is 0 Å². The molecule has 7 nitrogen and oxygen atoms in total. The number of aromatic nitrogens is 2. The first-order valence-electron chi connectivity index (χ1n) is 8.45. The smallest absolute Gasteiger partial charge is 0.416 e. The predicted octanol–water partition coefficient (Wildman–Crippen LogP) is 3.64. The summed E-state index contributed by atoms with van der Waals surface area (Å²) in [5.74, 6) is -4.75. The van der Waals surface area contributed by atoms with Gasteiger partial charge in [0.05, 0.1) is 12.1 Å². The van der Waals surface area contributed by atoms with Gasteiger partial charge in [-0.1, -0.05) is 12.1 Å². The van der Waals surface area contributed by atoms with Crippen LogP contribution in [0.5, 0.6) is 0 Å². The molecule has 2 aromatic rings. The number of carbonyl (C=O) groups excluding carboxylic acids is 1. The summed E-state index contributed by atoms with van der Waals surface area (Å²) in [5, 5.41) is 8.92. The Hall–Kier alpha value is -3.10. The van der Waals surface area contributed by atoms with Crippen molar-refractivity contribution < 1.29 is 28.2 Å². The van der Waals surface area contributed by atoms with Gasteiger partial charge in [0, 0.05) is 6.20 Å². The Morgan fingerprint density at radius 1 is 1.14 bits per heavy atom. The van der Waals surface area contributed by atoms with Crippen LogP contribution in [0.1, 0.15) is 32.2 Å². The van der Waals surface area contributed by atoms with Crippen molar-refractivity contribution in [2.45, 2.75) is 38.7 Å². The molecule has 0 fully saturated rings. The number of aliphatic carboxylic acids is 1. The lowest BCUT2D eigenvalue weighted by atomic mass is 10.2. The van der Waals surface area contributed by atoms with Crippen molar-refractivity contribution in [3.63, 3.8) is 0 Å². The van der Waals surface area contributed by atoms with Crippen molar-refractivity contribution >= 4 is 17.9 Å². The molecule has 2 rings (SSSR count). The maximum absolute atomic E-state index is 14.8. The summed E-state index contributed by atoms with van der Waals surface area (Å²) in [5.41, 5.74) is -1.31. The molecule has 0 saturated carbocycles. The Morgan fingerprint density at radius 3 is 2.43 bits per heavy atom. The van der Waals surface area contributed by atoms with E-state index < -0.39 is 42.2 Å². The van der Waals surface area contributed by atoms with Crippen molar-refractivity contribution in [2.24, 2.45) is 0 Å². The molecule has 0 radical (unpaired) electrons. The maximum atomic E-state index is 14.8. The molecule has 0 spiro atoms. The fourth-order valence-corrected chi connectivity index (χ4v) is 2.29. The van der Waals surface area contributed by atoms with Crippen LogP contribution < -0.4 is 4.90 Å². The van der Waals surface area contributed by atoms with Gasteiger partial charge in [-0.05, 0) is 45.0 Å². The number of hydrogen-bond donors (Lipinski definition) is 1. The standard InChI is InChI=1S/C19H21F2N3O4/c1-18(2,3)28-17(27)24(12-19(20,21)14-8-4-5-10-22-14)15-9-6-7-13(23-15)11-16(25)26/h4-10H,11-12H2,1-3H3,(H,25,26). The van der Waals surface area contributed by atoms with Crippen LogP contribution in [-0.4, -0.2) is 39.3 Å². The molecule has 2 heterocycles. The van der Waals surface area contributed by atoms with Crippen LogP contribution >= 0.6 is 0 Å². The number of carbonyl (C=O) groups is 2. The van der Waals surface area contributed by atoms with E-state index in [0.29, 0.717) is 4.90 Å². The highest BCUT2D eigenvalue weighted by Gasteiger charge is 2.39.